The number of halogens is 1. The lowest BCUT2D eigenvalue weighted by molar-refractivity contribution is 0.538. The zero-order valence-corrected chi connectivity index (χ0v) is 10.6. The van der Waals surface area contributed by atoms with Crippen LogP contribution in [-0.2, 0) is 13.5 Å². The molecule has 1 unspecified atom stereocenters. The quantitative estimate of drug-likeness (QED) is 0.878. The molecular weight excluding hydrogens is 231 g/mol. The molecule has 0 aliphatic rings. The van der Waals surface area contributed by atoms with Gasteiger partial charge in [0.05, 0.1) is 12.4 Å². The molecule has 0 bridgehead atoms. The predicted molar refractivity (Wildman–Crippen MR) is 67.5 cm³/mol. The van der Waals surface area contributed by atoms with Gasteiger partial charge in [0.2, 0.25) is 0 Å². The maximum Gasteiger partial charge on any atom is 0.141 e. The molecule has 2 rings (SSSR count). The van der Waals surface area contributed by atoms with Gasteiger partial charge < -0.3 is 5.32 Å². The monoisotopic (exact) mass is 248 g/mol. The van der Waals surface area contributed by atoms with Crippen LogP contribution >= 0.6 is 0 Å². The van der Waals surface area contributed by atoms with Crippen molar-refractivity contribution in [1.29, 1.82) is 0 Å². The van der Waals surface area contributed by atoms with Crippen molar-refractivity contribution in [3.63, 3.8) is 0 Å². The summed E-state index contributed by atoms with van der Waals surface area (Å²) in [4.78, 5) is 3.88. The summed E-state index contributed by atoms with van der Waals surface area (Å²) in [6.45, 7) is 0. The zero-order chi connectivity index (χ0) is 13.0. The second-order valence-electron chi connectivity index (χ2n) is 4.34. The van der Waals surface area contributed by atoms with E-state index in [-0.39, 0.29) is 11.9 Å². The molecule has 0 radical (unpaired) electrons. The Bertz CT molecular complexity index is 509. The van der Waals surface area contributed by atoms with E-state index in [1.54, 1.807) is 10.9 Å². The second-order valence-corrected chi connectivity index (χ2v) is 4.34. The summed E-state index contributed by atoms with van der Waals surface area (Å²) in [5, 5.41) is 7.32. The lowest BCUT2D eigenvalue weighted by Crippen LogP contribution is -2.17. The highest BCUT2D eigenvalue weighted by molar-refractivity contribution is 5.16. The molecule has 18 heavy (non-hydrogen) atoms. The van der Waals surface area contributed by atoms with Gasteiger partial charge in [-0.25, -0.2) is 4.39 Å². The van der Waals surface area contributed by atoms with Crippen LogP contribution in [0.5, 0.6) is 0 Å². The topological polar surface area (TPSA) is 42.7 Å². The molecule has 0 aromatic carbocycles. The normalized spacial score (nSPS) is 12.6. The van der Waals surface area contributed by atoms with Gasteiger partial charge in [-0.2, -0.15) is 5.10 Å². The molecule has 0 saturated heterocycles. The molecule has 5 heteroatoms. The van der Waals surface area contributed by atoms with Crippen LogP contribution in [-0.4, -0.2) is 21.8 Å². The number of hydrogen-bond acceptors (Lipinski definition) is 3. The average molecular weight is 248 g/mol. The van der Waals surface area contributed by atoms with Crippen molar-refractivity contribution in [2.75, 3.05) is 7.05 Å². The molecule has 1 atom stereocenters. The summed E-state index contributed by atoms with van der Waals surface area (Å²) >= 11 is 0. The van der Waals surface area contributed by atoms with E-state index in [0.717, 1.165) is 18.4 Å². The van der Waals surface area contributed by atoms with E-state index in [9.17, 15) is 4.39 Å². The molecule has 0 amide bonds. The van der Waals surface area contributed by atoms with Crippen LogP contribution in [0.4, 0.5) is 4.39 Å². The highest BCUT2D eigenvalue weighted by Crippen LogP contribution is 2.18. The number of nitrogens with zero attached hydrogens (tertiary/aromatic N) is 3. The Labute approximate surface area is 106 Å². The first-order valence-electron chi connectivity index (χ1n) is 5.94. The smallest absolute Gasteiger partial charge is 0.141 e. The van der Waals surface area contributed by atoms with E-state index >= 15 is 0 Å². The van der Waals surface area contributed by atoms with Crippen LogP contribution in [0.1, 0.15) is 23.6 Å². The molecule has 0 spiro atoms. The van der Waals surface area contributed by atoms with Crippen molar-refractivity contribution in [3.05, 3.63) is 47.8 Å². The van der Waals surface area contributed by atoms with Crippen LogP contribution in [0.15, 0.2) is 30.9 Å². The standard InChI is InChI=1S/C13H17FN4/c1-15-13(11-5-12(14)8-16-7-11)4-3-10-6-17-18(2)9-10/h5-9,13,15H,3-4H2,1-2H3. The number of nitrogens with one attached hydrogen (secondary N) is 1. The fraction of sp³-hybridized carbons (Fsp3) is 0.385. The maximum atomic E-state index is 13.1. The summed E-state index contributed by atoms with van der Waals surface area (Å²) in [5.74, 6) is -0.297. The van der Waals surface area contributed by atoms with Crippen molar-refractivity contribution in [1.82, 2.24) is 20.1 Å². The first-order valence-corrected chi connectivity index (χ1v) is 5.94. The predicted octanol–water partition coefficient (Wildman–Crippen LogP) is 1.85. The summed E-state index contributed by atoms with van der Waals surface area (Å²) in [7, 11) is 3.77. The van der Waals surface area contributed by atoms with Crippen molar-refractivity contribution in [3.8, 4) is 0 Å². The van der Waals surface area contributed by atoms with E-state index in [2.05, 4.69) is 15.4 Å². The van der Waals surface area contributed by atoms with Gasteiger partial charge in [0, 0.05) is 25.5 Å². The first kappa shape index (κ1) is 12.7. The van der Waals surface area contributed by atoms with Gasteiger partial charge in [0.25, 0.3) is 0 Å². The largest absolute Gasteiger partial charge is 0.313 e. The summed E-state index contributed by atoms with van der Waals surface area (Å²) in [6.07, 6.45) is 8.56. The Kier molecular flexibility index (Phi) is 4.04. The zero-order valence-electron chi connectivity index (χ0n) is 10.6. The summed E-state index contributed by atoms with van der Waals surface area (Å²) < 4.78 is 14.9. The van der Waals surface area contributed by atoms with E-state index in [1.807, 2.05) is 26.5 Å². The number of aromatic nitrogens is 3. The molecule has 0 fully saturated rings. The minimum Gasteiger partial charge on any atom is -0.313 e. The Morgan fingerprint density at radius 3 is 2.83 bits per heavy atom. The molecule has 0 saturated carbocycles. The Balaban J connectivity index is 2.01. The lowest BCUT2D eigenvalue weighted by atomic mass is 10.0. The van der Waals surface area contributed by atoms with Crippen LogP contribution in [0.25, 0.3) is 0 Å². The number of pyridine rings is 1. The fourth-order valence-electron chi connectivity index (χ4n) is 2.01. The summed E-state index contributed by atoms with van der Waals surface area (Å²) in [6, 6.07) is 1.63. The molecule has 0 aliphatic heterocycles. The van der Waals surface area contributed by atoms with E-state index < -0.39 is 0 Å². The number of rotatable bonds is 5. The van der Waals surface area contributed by atoms with Gasteiger partial charge in [0.15, 0.2) is 0 Å². The Morgan fingerprint density at radius 1 is 1.39 bits per heavy atom. The minimum atomic E-state index is -0.297. The number of aryl methyl sites for hydroxylation is 2. The third kappa shape index (κ3) is 3.13. The first-order chi connectivity index (χ1) is 8.69. The van der Waals surface area contributed by atoms with Gasteiger partial charge in [-0.15, -0.1) is 0 Å². The third-order valence-corrected chi connectivity index (χ3v) is 2.96. The molecule has 96 valence electrons. The van der Waals surface area contributed by atoms with E-state index in [0.29, 0.717) is 0 Å². The second kappa shape index (κ2) is 5.73. The molecule has 2 aromatic rings. The van der Waals surface area contributed by atoms with E-state index in [1.165, 1.54) is 17.8 Å². The molecule has 2 heterocycles. The molecule has 0 aliphatic carbocycles. The van der Waals surface area contributed by atoms with Crippen molar-refractivity contribution >= 4 is 0 Å². The Hall–Kier alpha value is -1.75. The van der Waals surface area contributed by atoms with Crippen molar-refractivity contribution in [2.24, 2.45) is 7.05 Å². The average Bonchev–Trinajstić information content (AvgIpc) is 2.76. The number of hydrogen-bond donors (Lipinski definition) is 1. The van der Waals surface area contributed by atoms with E-state index in [4.69, 9.17) is 0 Å². The molecule has 2 aromatic heterocycles. The molecular formula is C13H17FN4. The van der Waals surface area contributed by atoms with Crippen LogP contribution < -0.4 is 5.32 Å². The van der Waals surface area contributed by atoms with Gasteiger partial charge in [-0.05, 0) is 37.1 Å². The summed E-state index contributed by atoms with van der Waals surface area (Å²) in [5.41, 5.74) is 2.06. The highest BCUT2D eigenvalue weighted by atomic mass is 19.1. The third-order valence-electron chi connectivity index (χ3n) is 2.96. The van der Waals surface area contributed by atoms with Gasteiger partial charge in [0.1, 0.15) is 5.82 Å². The van der Waals surface area contributed by atoms with Crippen molar-refractivity contribution in [2.45, 2.75) is 18.9 Å². The fourth-order valence-corrected chi connectivity index (χ4v) is 2.01. The SMILES string of the molecule is CNC(CCc1cnn(C)c1)c1cncc(F)c1. The van der Waals surface area contributed by atoms with Crippen LogP contribution in [0.2, 0.25) is 0 Å². The molecule has 1 N–H and O–H groups in total. The highest BCUT2D eigenvalue weighted by Gasteiger charge is 2.11. The Morgan fingerprint density at radius 2 is 2.22 bits per heavy atom. The van der Waals surface area contributed by atoms with Gasteiger partial charge in [-0.1, -0.05) is 0 Å². The minimum absolute atomic E-state index is 0.105. The lowest BCUT2D eigenvalue weighted by Gasteiger charge is -2.15. The van der Waals surface area contributed by atoms with Crippen molar-refractivity contribution < 1.29 is 4.39 Å². The van der Waals surface area contributed by atoms with Crippen LogP contribution in [0, 0.1) is 5.82 Å². The maximum absolute atomic E-state index is 13.1. The van der Waals surface area contributed by atoms with Crippen LogP contribution in [0.3, 0.4) is 0 Å². The van der Waals surface area contributed by atoms with Gasteiger partial charge in [-0.3, -0.25) is 9.67 Å². The van der Waals surface area contributed by atoms with Gasteiger partial charge >= 0.3 is 0 Å². The molecule has 4 nitrogen and oxygen atoms in total.